The highest BCUT2D eigenvalue weighted by atomic mass is 32.1. The van der Waals surface area contributed by atoms with Gasteiger partial charge in [-0.2, -0.15) is 22.5 Å². The summed E-state index contributed by atoms with van der Waals surface area (Å²) in [5.74, 6) is -6.20. The fourth-order valence-corrected chi connectivity index (χ4v) is 3.89. The monoisotopic (exact) mass is 368 g/mol. The quantitative estimate of drug-likeness (QED) is 0.511. The van der Waals surface area contributed by atoms with Crippen molar-refractivity contribution in [2.24, 2.45) is 0 Å². The summed E-state index contributed by atoms with van der Waals surface area (Å²) < 4.78 is 55.4. The number of nitrogens with zero attached hydrogens (tertiary/aromatic N) is 4. The molecule has 0 aliphatic carbocycles. The van der Waals surface area contributed by atoms with E-state index in [9.17, 15) is 17.6 Å². The van der Waals surface area contributed by atoms with Gasteiger partial charge in [-0.25, -0.2) is 4.98 Å². The summed E-state index contributed by atoms with van der Waals surface area (Å²) >= 11 is 1.53. The molecule has 0 atom stereocenters. The van der Waals surface area contributed by atoms with Crippen molar-refractivity contribution in [1.29, 1.82) is 0 Å². The molecule has 2 aromatic heterocycles. The summed E-state index contributed by atoms with van der Waals surface area (Å²) in [5.41, 5.74) is 0.189. The molecule has 3 heterocycles. The molecule has 1 aliphatic rings. The molecule has 4 rings (SSSR count). The molecule has 4 nitrogen and oxygen atoms in total. The number of pyridine rings is 1. The number of fused-ring (bicyclic) bond motifs is 1. The molecule has 1 saturated heterocycles. The van der Waals surface area contributed by atoms with Crippen molar-refractivity contribution < 1.29 is 17.6 Å². The predicted molar refractivity (Wildman–Crippen MR) is 88.1 cm³/mol. The number of rotatable bonds is 2. The second-order valence-electron chi connectivity index (χ2n) is 5.61. The fourth-order valence-electron chi connectivity index (χ4n) is 2.87. The lowest BCUT2D eigenvalue weighted by molar-refractivity contribution is 0.404. The van der Waals surface area contributed by atoms with Gasteiger partial charge >= 0.3 is 0 Å². The van der Waals surface area contributed by atoms with Crippen molar-refractivity contribution in [3.63, 3.8) is 0 Å². The molecule has 1 fully saturated rings. The van der Waals surface area contributed by atoms with Gasteiger partial charge in [0.15, 0.2) is 5.13 Å². The molecule has 25 heavy (non-hydrogen) atoms. The summed E-state index contributed by atoms with van der Waals surface area (Å²) in [7, 11) is 0. The van der Waals surface area contributed by atoms with Gasteiger partial charge in [0.25, 0.3) is 11.9 Å². The minimum absolute atomic E-state index is 0.215. The Balaban J connectivity index is 1.56. The average molecular weight is 368 g/mol. The van der Waals surface area contributed by atoms with Gasteiger partial charge in [-0.05, 0) is 12.1 Å². The van der Waals surface area contributed by atoms with E-state index >= 15 is 0 Å². The van der Waals surface area contributed by atoms with Crippen LogP contribution in [0.2, 0.25) is 0 Å². The number of aromatic nitrogens is 2. The molecule has 0 radical (unpaired) electrons. The summed E-state index contributed by atoms with van der Waals surface area (Å²) in [4.78, 5) is 10.4. The molecule has 0 spiro atoms. The van der Waals surface area contributed by atoms with E-state index in [2.05, 4.69) is 9.97 Å². The largest absolute Gasteiger partial charge is 0.363 e. The third kappa shape index (κ3) is 2.78. The van der Waals surface area contributed by atoms with Crippen LogP contribution in [0.3, 0.4) is 0 Å². The van der Waals surface area contributed by atoms with Crippen LogP contribution in [0.15, 0.2) is 24.3 Å². The Morgan fingerprint density at radius 3 is 2.04 bits per heavy atom. The SMILES string of the molecule is Fc1nc(F)c(F)c(N2CCN(c3nc4ccccc4s3)CC2)c1F. The number of piperazine rings is 1. The van der Waals surface area contributed by atoms with Crippen LogP contribution in [-0.4, -0.2) is 36.1 Å². The average Bonchev–Trinajstić information content (AvgIpc) is 3.05. The van der Waals surface area contributed by atoms with E-state index in [4.69, 9.17) is 0 Å². The van der Waals surface area contributed by atoms with Gasteiger partial charge in [0, 0.05) is 26.2 Å². The molecule has 1 aliphatic heterocycles. The highest BCUT2D eigenvalue weighted by molar-refractivity contribution is 7.22. The number of para-hydroxylation sites is 1. The van der Waals surface area contributed by atoms with Gasteiger partial charge in [-0.3, -0.25) is 0 Å². The molecule has 9 heteroatoms. The van der Waals surface area contributed by atoms with Crippen molar-refractivity contribution in [1.82, 2.24) is 9.97 Å². The second kappa shape index (κ2) is 6.14. The number of anilines is 2. The van der Waals surface area contributed by atoms with Crippen LogP contribution < -0.4 is 9.80 Å². The first-order valence-corrected chi connectivity index (χ1v) is 8.41. The van der Waals surface area contributed by atoms with Crippen molar-refractivity contribution in [3.05, 3.63) is 47.8 Å². The molecule has 0 saturated carbocycles. The molecule has 0 amide bonds. The van der Waals surface area contributed by atoms with E-state index in [1.165, 1.54) is 16.2 Å². The summed E-state index contributed by atoms with van der Waals surface area (Å²) in [5, 5.41) is 0.814. The minimum Gasteiger partial charge on any atom is -0.363 e. The first-order valence-electron chi connectivity index (χ1n) is 7.60. The van der Waals surface area contributed by atoms with E-state index < -0.39 is 29.2 Å². The van der Waals surface area contributed by atoms with Crippen LogP contribution in [0.5, 0.6) is 0 Å². The Labute approximate surface area is 144 Å². The standard InChI is InChI=1S/C16H12F4N4S/c17-11-13(12(18)15(20)22-14(11)19)23-5-7-24(8-6-23)16-21-9-3-1-2-4-10(9)25-16/h1-4H,5-8H2. The zero-order valence-corrected chi connectivity index (χ0v) is 13.7. The first-order chi connectivity index (χ1) is 12.0. The minimum atomic E-state index is -1.64. The summed E-state index contributed by atoms with van der Waals surface area (Å²) in [6, 6.07) is 7.72. The van der Waals surface area contributed by atoms with Gasteiger partial charge in [0.1, 0.15) is 5.69 Å². The molecule has 130 valence electrons. The van der Waals surface area contributed by atoms with Gasteiger partial charge < -0.3 is 9.80 Å². The van der Waals surface area contributed by atoms with E-state index in [1.54, 1.807) is 0 Å². The lowest BCUT2D eigenvalue weighted by Gasteiger charge is -2.36. The molecular weight excluding hydrogens is 356 g/mol. The Kier molecular flexibility index (Phi) is 3.95. The summed E-state index contributed by atoms with van der Waals surface area (Å²) in [6.07, 6.45) is 0. The highest BCUT2D eigenvalue weighted by Gasteiger charge is 2.28. The number of benzene rings is 1. The zero-order valence-electron chi connectivity index (χ0n) is 12.8. The van der Waals surface area contributed by atoms with Crippen molar-refractivity contribution in [2.75, 3.05) is 36.0 Å². The molecule has 3 aromatic rings. The number of hydrogen-bond donors (Lipinski definition) is 0. The first kappa shape index (κ1) is 16.1. The van der Waals surface area contributed by atoms with Gasteiger partial charge in [-0.1, -0.05) is 23.5 Å². The Bertz CT molecular complexity index is 878. The van der Waals surface area contributed by atoms with Gasteiger partial charge in [0.2, 0.25) is 11.6 Å². The Morgan fingerprint density at radius 1 is 0.800 bits per heavy atom. The maximum atomic E-state index is 13.9. The van der Waals surface area contributed by atoms with Crippen molar-refractivity contribution in [2.45, 2.75) is 0 Å². The topological polar surface area (TPSA) is 32.3 Å². The molecule has 1 aromatic carbocycles. The predicted octanol–water partition coefficient (Wildman–Crippen LogP) is 3.57. The van der Waals surface area contributed by atoms with Crippen LogP contribution in [-0.2, 0) is 0 Å². The Hall–Kier alpha value is -2.42. The fraction of sp³-hybridized carbons (Fsp3) is 0.250. The van der Waals surface area contributed by atoms with E-state index in [-0.39, 0.29) is 13.1 Å². The van der Waals surface area contributed by atoms with Crippen molar-refractivity contribution in [3.8, 4) is 0 Å². The zero-order chi connectivity index (χ0) is 17.6. The van der Waals surface area contributed by atoms with E-state index in [0.717, 1.165) is 15.3 Å². The molecule has 0 unspecified atom stereocenters. The smallest absolute Gasteiger partial charge is 0.253 e. The van der Waals surface area contributed by atoms with Crippen molar-refractivity contribution >= 4 is 32.4 Å². The maximum Gasteiger partial charge on any atom is 0.253 e. The third-order valence-electron chi connectivity index (χ3n) is 4.12. The lowest BCUT2D eigenvalue weighted by atomic mass is 10.2. The third-order valence-corrected chi connectivity index (χ3v) is 5.22. The van der Waals surface area contributed by atoms with Crippen LogP contribution in [0, 0.1) is 23.5 Å². The highest BCUT2D eigenvalue weighted by Crippen LogP contribution is 2.31. The van der Waals surface area contributed by atoms with Crippen LogP contribution in [0.1, 0.15) is 0 Å². The van der Waals surface area contributed by atoms with E-state index in [1.807, 2.05) is 29.2 Å². The van der Waals surface area contributed by atoms with Crippen LogP contribution >= 0.6 is 11.3 Å². The number of halogens is 4. The summed E-state index contributed by atoms with van der Waals surface area (Å²) in [6.45, 7) is 1.30. The van der Waals surface area contributed by atoms with Gasteiger partial charge in [0.05, 0.1) is 10.2 Å². The molecule has 0 bridgehead atoms. The van der Waals surface area contributed by atoms with E-state index in [0.29, 0.717) is 13.1 Å². The van der Waals surface area contributed by atoms with Crippen LogP contribution in [0.4, 0.5) is 28.4 Å². The lowest BCUT2D eigenvalue weighted by Crippen LogP contribution is -2.47. The van der Waals surface area contributed by atoms with Crippen LogP contribution in [0.25, 0.3) is 10.2 Å². The van der Waals surface area contributed by atoms with Gasteiger partial charge in [-0.15, -0.1) is 0 Å². The molecule has 0 N–H and O–H groups in total. The second-order valence-corrected chi connectivity index (χ2v) is 6.62. The maximum absolute atomic E-state index is 13.9. The number of hydrogen-bond acceptors (Lipinski definition) is 5. The normalized spacial score (nSPS) is 15.2. The number of thiazole rings is 1. The Morgan fingerprint density at radius 2 is 1.40 bits per heavy atom. The molecular formula is C16H12F4N4S.